The molecular formula is C19H20FN3O. The van der Waals surface area contributed by atoms with E-state index < -0.39 is 0 Å². The third kappa shape index (κ3) is 4.49. The number of hydrogen-bond acceptors (Lipinski definition) is 4. The van der Waals surface area contributed by atoms with Crippen LogP contribution in [0.25, 0.3) is 11.4 Å². The molecule has 0 amide bonds. The molecule has 1 aromatic heterocycles. The van der Waals surface area contributed by atoms with Crippen LogP contribution in [-0.4, -0.2) is 28.6 Å². The number of hydrogen-bond donors (Lipinski definition) is 0. The van der Waals surface area contributed by atoms with Crippen molar-refractivity contribution in [3.63, 3.8) is 0 Å². The molecule has 0 unspecified atom stereocenters. The van der Waals surface area contributed by atoms with Crippen LogP contribution in [-0.2, 0) is 13.0 Å². The van der Waals surface area contributed by atoms with Crippen molar-refractivity contribution in [2.24, 2.45) is 0 Å². The molecule has 24 heavy (non-hydrogen) atoms. The van der Waals surface area contributed by atoms with Gasteiger partial charge in [0.1, 0.15) is 5.82 Å². The molecule has 0 saturated carbocycles. The fourth-order valence-corrected chi connectivity index (χ4v) is 2.59. The molecule has 124 valence electrons. The van der Waals surface area contributed by atoms with Gasteiger partial charge in [-0.2, -0.15) is 4.98 Å². The van der Waals surface area contributed by atoms with Gasteiger partial charge in [-0.1, -0.05) is 47.6 Å². The lowest BCUT2D eigenvalue weighted by atomic mass is 10.2. The monoisotopic (exact) mass is 325 g/mol. The topological polar surface area (TPSA) is 42.2 Å². The fourth-order valence-electron chi connectivity index (χ4n) is 2.59. The van der Waals surface area contributed by atoms with Crippen molar-refractivity contribution in [3.8, 4) is 11.4 Å². The summed E-state index contributed by atoms with van der Waals surface area (Å²) in [7, 11) is 2.02. The molecule has 2 aromatic carbocycles. The van der Waals surface area contributed by atoms with E-state index in [0.29, 0.717) is 11.7 Å². The van der Waals surface area contributed by atoms with Crippen molar-refractivity contribution in [1.82, 2.24) is 15.0 Å². The van der Waals surface area contributed by atoms with Crippen LogP contribution in [0, 0.1) is 5.82 Å². The number of benzene rings is 2. The highest BCUT2D eigenvalue weighted by molar-refractivity contribution is 5.53. The molecule has 0 aliphatic heterocycles. The Kier molecular flexibility index (Phi) is 5.33. The van der Waals surface area contributed by atoms with E-state index in [1.807, 2.05) is 43.4 Å². The summed E-state index contributed by atoms with van der Waals surface area (Å²) < 4.78 is 18.5. The molecule has 0 saturated heterocycles. The number of aromatic nitrogens is 2. The van der Waals surface area contributed by atoms with E-state index in [0.717, 1.165) is 37.1 Å². The molecule has 0 bridgehead atoms. The molecular weight excluding hydrogens is 305 g/mol. The van der Waals surface area contributed by atoms with E-state index in [-0.39, 0.29) is 5.82 Å². The summed E-state index contributed by atoms with van der Waals surface area (Å²) in [6.45, 7) is 1.59. The second-order valence-corrected chi connectivity index (χ2v) is 5.85. The van der Waals surface area contributed by atoms with Gasteiger partial charge < -0.3 is 9.42 Å². The Morgan fingerprint density at radius 1 is 1.08 bits per heavy atom. The fraction of sp³-hybridized carbons (Fsp3) is 0.263. The zero-order valence-corrected chi connectivity index (χ0v) is 13.7. The van der Waals surface area contributed by atoms with Crippen molar-refractivity contribution >= 4 is 0 Å². The van der Waals surface area contributed by atoms with Crippen molar-refractivity contribution < 1.29 is 8.91 Å². The Balaban J connectivity index is 1.47. The summed E-state index contributed by atoms with van der Waals surface area (Å²) in [4.78, 5) is 6.58. The summed E-state index contributed by atoms with van der Waals surface area (Å²) in [5.74, 6) is 1.08. The molecule has 5 heteroatoms. The maximum absolute atomic E-state index is 13.2. The number of rotatable bonds is 7. The highest BCUT2D eigenvalue weighted by Crippen LogP contribution is 2.15. The lowest BCUT2D eigenvalue weighted by Crippen LogP contribution is -2.19. The first-order valence-electron chi connectivity index (χ1n) is 8.02. The van der Waals surface area contributed by atoms with Gasteiger partial charge in [-0.25, -0.2) is 4.39 Å². The van der Waals surface area contributed by atoms with Crippen molar-refractivity contribution in [1.29, 1.82) is 0 Å². The average Bonchev–Trinajstić information content (AvgIpc) is 3.04. The van der Waals surface area contributed by atoms with E-state index in [4.69, 9.17) is 4.52 Å². The maximum atomic E-state index is 13.2. The number of aryl methyl sites for hydroxylation is 1. The van der Waals surface area contributed by atoms with Crippen LogP contribution in [0.4, 0.5) is 4.39 Å². The van der Waals surface area contributed by atoms with E-state index in [2.05, 4.69) is 15.0 Å². The third-order valence-corrected chi connectivity index (χ3v) is 3.77. The molecule has 4 nitrogen and oxygen atoms in total. The minimum atomic E-state index is -0.194. The van der Waals surface area contributed by atoms with Gasteiger partial charge >= 0.3 is 0 Å². The molecule has 0 fully saturated rings. The van der Waals surface area contributed by atoms with E-state index in [9.17, 15) is 4.39 Å². The average molecular weight is 325 g/mol. The standard InChI is InChI=1S/C19H20FN3O/c1-23(14-15-7-5-10-17(20)13-15)12-6-11-18-21-19(22-24-18)16-8-3-2-4-9-16/h2-5,7-10,13H,6,11-12,14H2,1H3. The quantitative estimate of drug-likeness (QED) is 0.660. The summed E-state index contributed by atoms with van der Waals surface area (Å²) in [5, 5.41) is 4.02. The largest absolute Gasteiger partial charge is 0.339 e. The molecule has 0 aliphatic carbocycles. The van der Waals surface area contributed by atoms with Gasteiger partial charge in [-0.15, -0.1) is 0 Å². The first-order chi connectivity index (χ1) is 11.7. The Bertz CT molecular complexity index is 773. The second-order valence-electron chi connectivity index (χ2n) is 5.85. The lowest BCUT2D eigenvalue weighted by Gasteiger charge is -2.16. The molecule has 0 aliphatic rings. The molecule has 0 spiro atoms. The zero-order valence-electron chi connectivity index (χ0n) is 13.7. The van der Waals surface area contributed by atoms with Gasteiger partial charge in [0.25, 0.3) is 0 Å². The minimum absolute atomic E-state index is 0.194. The smallest absolute Gasteiger partial charge is 0.227 e. The zero-order chi connectivity index (χ0) is 16.8. The maximum Gasteiger partial charge on any atom is 0.227 e. The normalized spacial score (nSPS) is 11.1. The molecule has 1 heterocycles. The highest BCUT2D eigenvalue weighted by atomic mass is 19.1. The summed E-state index contributed by atoms with van der Waals surface area (Å²) in [6.07, 6.45) is 1.63. The van der Waals surface area contributed by atoms with Crippen molar-refractivity contribution in [3.05, 3.63) is 71.9 Å². The predicted octanol–water partition coefficient (Wildman–Crippen LogP) is 3.94. The number of halogens is 1. The Morgan fingerprint density at radius 2 is 1.92 bits per heavy atom. The van der Waals surface area contributed by atoms with Crippen molar-refractivity contribution in [2.45, 2.75) is 19.4 Å². The summed E-state index contributed by atoms with van der Waals surface area (Å²) in [5.41, 5.74) is 1.93. The van der Waals surface area contributed by atoms with Gasteiger partial charge in [-0.05, 0) is 37.7 Å². The van der Waals surface area contributed by atoms with Crippen LogP contribution in [0.15, 0.2) is 59.1 Å². The first kappa shape index (κ1) is 16.3. The predicted molar refractivity (Wildman–Crippen MR) is 90.8 cm³/mol. The Labute approximate surface area is 140 Å². The molecule has 0 atom stereocenters. The summed E-state index contributed by atoms with van der Waals surface area (Å²) >= 11 is 0. The lowest BCUT2D eigenvalue weighted by molar-refractivity contribution is 0.309. The highest BCUT2D eigenvalue weighted by Gasteiger charge is 2.08. The molecule has 3 rings (SSSR count). The molecule has 3 aromatic rings. The Hall–Kier alpha value is -2.53. The second kappa shape index (κ2) is 7.84. The van der Waals surface area contributed by atoms with Gasteiger partial charge in [0.2, 0.25) is 11.7 Å². The first-order valence-corrected chi connectivity index (χ1v) is 8.02. The number of nitrogens with zero attached hydrogens (tertiary/aromatic N) is 3. The van der Waals surface area contributed by atoms with Crippen LogP contribution in [0.3, 0.4) is 0 Å². The molecule has 0 radical (unpaired) electrons. The van der Waals surface area contributed by atoms with Gasteiger partial charge in [0.15, 0.2) is 0 Å². The third-order valence-electron chi connectivity index (χ3n) is 3.77. The van der Waals surface area contributed by atoms with Gasteiger partial charge in [0, 0.05) is 18.5 Å². The van der Waals surface area contributed by atoms with Crippen LogP contribution in [0.5, 0.6) is 0 Å². The van der Waals surface area contributed by atoms with Crippen LogP contribution >= 0.6 is 0 Å². The van der Waals surface area contributed by atoms with Crippen LogP contribution in [0.1, 0.15) is 17.9 Å². The van der Waals surface area contributed by atoms with E-state index in [1.54, 1.807) is 12.1 Å². The minimum Gasteiger partial charge on any atom is -0.339 e. The van der Waals surface area contributed by atoms with E-state index >= 15 is 0 Å². The van der Waals surface area contributed by atoms with Gasteiger partial charge in [-0.3, -0.25) is 0 Å². The molecule has 0 N–H and O–H groups in total. The van der Waals surface area contributed by atoms with Crippen LogP contribution < -0.4 is 0 Å². The SMILES string of the molecule is CN(CCCc1nc(-c2ccccc2)no1)Cc1cccc(F)c1. The van der Waals surface area contributed by atoms with Gasteiger partial charge in [0.05, 0.1) is 0 Å². The van der Waals surface area contributed by atoms with Crippen molar-refractivity contribution in [2.75, 3.05) is 13.6 Å². The Morgan fingerprint density at radius 3 is 2.71 bits per heavy atom. The van der Waals surface area contributed by atoms with Crippen LogP contribution in [0.2, 0.25) is 0 Å². The summed E-state index contributed by atoms with van der Waals surface area (Å²) in [6, 6.07) is 16.5. The van der Waals surface area contributed by atoms with E-state index in [1.165, 1.54) is 6.07 Å².